The van der Waals surface area contributed by atoms with Gasteiger partial charge in [0.05, 0.1) is 6.54 Å². The third-order valence-electron chi connectivity index (χ3n) is 4.83. The predicted octanol–water partition coefficient (Wildman–Crippen LogP) is 2.42. The van der Waals surface area contributed by atoms with Crippen molar-refractivity contribution in [2.75, 3.05) is 5.73 Å². The van der Waals surface area contributed by atoms with E-state index in [4.69, 9.17) is 5.73 Å². The summed E-state index contributed by atoms with van der Waals surface area (Å²) in [5.41, 5.74) is 9.34. The van der Waals surface area contributed by atoms with Gasteiger partial charge in [0.2, 0.25) is 0 Å². The lowest BCUT2D eigenvalue weighted by atomic mass is 10.0. The highest BCUT2D eigenvalue weighted by atomic mass is 15.5. The minimum atomic E-state index is 0.484. The van der Waals surface area contributed by atoms with Gasteiger partial charge in [-0.05, 0) is 72.1 Å². The zero-order chi connectivity index (χ0) is 13.7. The highest BCUT2D eigenvalue weighted by Crippen LogP contribution is 2.62. The fraction of sp³-hybridized carbons (Fsp3) is 0.533. The van der Waals surface area contributed by atoms with Gasteiger partial charge in [-0.25, -0.2) is 4.68 Å². The molecular formula is C15H19N5. The van der Waals surface area contributed by atoms with Crippen molar-refractivity contribution in [2.45, 2.75) is 39.2 Å². The molecule has 20 heavy (non-hydrogen) atoms. The summed E-state index contributed by atoms with van der Waals surface area (Å²) >= 11 is 0. The summed E-state index contributed by atoms with van der Waals surface area (Å²) in [5, 5.41) is 12.3. The van der Waals surface area contributed by atoms with Crippen molar-refractivity contribution in [2.24, 2.45) is 11.3 Å². The van der Waals surface area contributed by atoms with E-state index in [1.165, 1.54) is 25.7 Å². The molecule has 1 aromatic heterocycles. The highest BCUT2D eigenvalue weighted by Gasteiger charge is 2.54. The monoisotopic (exact) mass is 269 g/mol. The molecule has 0 aliphatic heterocycles. The zero-order valence-electron chi connectivity index (χ0n) is 11.7. The molecule has 2 aromatic rings. The Morgan fingerprint density at radius 2 is 2.15 bits per heavy atom. The Bertz CT molecular complexity index is 652. The zero-order valence-corrected chi connectivity index (χ0v) is 11.7. The molecule has 1 heterocycles. The van der Waals surface area contributed by atoms with E-state index in [-0.39, 0.29) is 0 Å². The summed E-state index contributed by atoms with van der Waals surface area (Å²) in [6.45, 7) is 3.02. The Balaban J connectivity index is 1.69. The maximum absolute atomic E-state index is 5.90. The van der Waals surface area contributed by atoms with Crippen LogP contribution in [0.3, 0.4) is 0 Å². The summed E-state index contributed by atoms with van der Waals surface area (Å²) in [6.07, 6.45) is 5.42. The number of rotatable bonds is 4. The van der Waals surface area contributed by atoms with Crippen molar-refractivity contribution < 1.29 is 0 Å². The lowest BCUT2D eigenvalue weighted by molar-refractivity contribution is 0.348. The van der Waals surface area contributed by atoms with Crippen molar-refractivity contribution in [1.82, 2.24) is 20.2 Å². The molecule has 4 rings (SSSR count). The lowest BCUT2D eigenvalue weighted by Gasteiger charge is -2.15. The number of aryl methyl sites for hydroxylation is 1. The summed E-state index contributed by atoms with van der Waals surface area (Å²) in [5.74, 6) is 1.75. The highest BCUT2D eigenvalue weighted by molar-refractivity contribution is 5.65. The number of hydrogen-bond donors (Lipinski definition) is 1. The maximum atomic E-state index is 5.90. The Morgan fingerprint density at radius 1 is 1.35 bits per heavy atom. The van der Waals surface area contributed by atoms with E-state index in [1.54, 1.807) is 0 Å². The number of nitrogen functional groups attached to an aromatic ring is 1. The number of anilines is 1. The first kappa shape index (κ1) is 11.9. The van der Waals surface area contributed by atoms with Crippen LogP contribution in [-0.2, 0) is 6.54 Å². The fourth-order valence-electron chi connectivity index (χ4n) is 3.23. The van der Waals surface area contributed by atoms with Crippen molar-refractivity contribution >= 4 is 5.69 Å². The van der Waals surface area contributed by atoms with E-state index >= 15 is 0 Å². The smallest absolute Gasteiger partial charge is 0.182 e. The van der Waals surface area contributed by atoms with Gasteiger partial charge in [-0.15, -0.1) is 5.10 Å². The second kappa shape index (κ2) is 4.04. The van der Waals surface area contributed by atoms with Crippen molar-refractivity contribution in [1.29, 1.82) is 0 Å². The van der Waals surface area contributed by atoms with Crippen LogP contribution < -0.4 is 5.73 Å². The molecule has 2 fully saturated rings. The first-order valence-corrected chi connectivity index (χ1v) is 7.31. The van der Waals surface area contributed by atoms with E-state index in [0.29, 0.717) is 5.41 Å². The van der Waals surface area contributed by atoms with Crippen LogP contribution in [0, 0.1) is 18.3 Å². The first-order valence-electron chi connectivity index (χ1n) is 7.31. The molecule has 2 aliphatic carbocycles. The molecule has 2 N–H and O–H groups in total. The molecule has 0 unspecified atom stereocenters. The molecule has 0 saturated heterocycles. The molecule has 0 atom stereocenters. The van der Waals surface area contributed by atoms with Gasteiger partial charge in [0, 0.05) is 11.3 Å². The molecule has 5 nitrogen and oxygen atoms in total. The van der Waals surface area contributed by atoms with Gasteiger partial charge in [-0.3, -0.25) is 0 Å². The molecule has 2 saturated carbocycles. The van der Waals surface area contributed by atoms with Gasteiger partial charge in [0.1, 0.15) is 0 Å². The van der Waals surface area contributed by atoms with Gasteiger partial charge in [0.15, 0.2) is 5.82 Å². The van der Waals surface area contributed by atoms with Gasteiger partial charge in [-0.1, -0.05) is 6.07 Å². The quantitative estimate of drug-likeness (QED) is 0.865. The fourth-order valence-corrected chi connectivity index (χ4v) is 3.23. The third kappa shape index (κ3) is 1.88. The minimum Gasteiger partial charge on any atom is -0.399 e. The predicted molar refractivity (Wildman–Crippen MR) is 76.8 cm³/mol. The largest absolute Gasteiger partial charge is 0.399 e. The third-order valence-corrected chi connectivity index (χ3v) is 4.83. The maximum Gasteiger partial charge on any atom is 0.182 e. The first-order chi connectivity index (χ1) is 9.68. The molecule has 0 amide bonds. The summed E-state index contributed by atoms with van der Waals surface area (Å²) < 4.78 is 1.98. The normalized spacial score (nSPS) is 20.1. The Kier molecular flexibility index (Phi) is 2.40. The average molecular weight is 269 g/mol. The second-order valence-electron chi connectivity index (χ2n) is 6.37. The molecular weight excluding hydrogens is 250 g/mol. The molecule has 5 heteroatoms. The van der Waals surface area contributed by atoms with Crippen LogP contribution in [0.2, 0.25) is 0 Å². The number of nitrogens with two attached hydrogens (primary N) is 1. The molecule has 104 valence electrons. The Morgan fingerprint density at radius 3 is 2.85 bits per heavy atom. The second-order valence-corrected chi connectivity index (χ2v) is 6.37. The van der Waals surface area contributed by atoms with Gasteiger partial charge >= 0.3 is 0 Å². The average Bonchev–Trinajstić information content (AvgIpc) is 3.32. The number of tetrazole rings is 1. The summed E-state index contributed by atoms with van der Waals surface area (Å²) in [7, 11) is 0. The number of benzene rings is 1. The molecule has 0 radical (unpaired) electrons. The topological polar surface area (TPSA) is 69.6 Å². The van der Waals surface area contributed by atoms with Crippen molar-refractivity contribution in [3.05, 3.63) is 23.8 Å². The SMILES string of the molecule is Cc1ccc(N)cc1-c1nnnn1CC1(C2CC2)CC1. The summed E-state index contributed by atoms with van der Waals surface area (Å²) in [6, 6.07) is 5.91. The minimum absolute atomic E-state index is 0.484. The van der Waals surface area contributed by atoms with Crippen LogP contribution in [0.5, 0.6) is 0 Å². The lowest BCUT2D eigenvalue weighted by Crippen LogP contribution is -2.16. The summed E-state index contributed by atoms with van der Waals surface area (Å²) in [4.78, 5) is 0. The van der Waals surface area contributed by atoms with E-state index < -0.39 is 0 Å². The molecule has 0 bridgehead atoms. The van der Waals surface area contributed by atoms with E-state index in [9.17, 15) is 0 Å². The Labute approximate surface area is 118 Å². The van der Waals surface area contributed by atoms with E-state index in [0.717, 1.165) is 35.1 Å². The molecule has 2 aliphatic rings. The van der Waals surface area contributed by atoms with Crippen molar-refractivity contribution in [3.63, 3.8) is 0 Å². The van der Waals surface area contributed by atoms with Gasteiger partial charge in [-0.2, -0.15) is 0 Å². The van der Waals surface area contributed by atoms with Crippen LogP contribution in [0.15, 0.2) is 18.2 Å². The Hall–Kier alpha value is -1.91. The van der Waals surface area contributed by atoms with Crippen LogP contribution in [0.25, 0.3) is 11.4 Å². The van der Waals surface area contributed by atoms with Gasteiger partial charge < -0.3 is 5.73 Å². The molecule has 1 aromatic carbocycles. The number of nitrogens with zero attached hydrogens (tertiary/aromatic N) is 4. The van der Waals surface area contributed by atoms with E-state index in [2.05, 4.69) is 22.4 Å². The van der Waals surface area contributed by atoms with Gasteiger partial charge in [0.25, 0.3) is 0 Å². The number of aromatic nitrogens is 4. The van der Waals surface area contributed by atoms with E-state index in [1.807, 2.05) is 22.9 Å². The standard InChI is InChI=1S/C15H19N5/c1-10-2-5-12(16)8-13(10)14-17-18-19-20(14)9-15(6-7-15)11-3-4-11/h2,5,8,11H,3-4,6-7,9,16H2,1H3. The van der Waals surface area contributed by atoms with Crippen molar-refractivity contribution in [3.8, 4) is 11.4 Å². The number of hydrogen-bond acceptors (Lipinski definition) is 4. The van der Waals surface area contributed by atoms with Crippen LogP contribution in [-0.4, -0.2) is 20.2 Å². The van der Waals surface area contributed by atoms with Crippen LogP contribution >= 0.6 is 0 Å². The van der Waals surface area contributed by atoms with Crippen LogP contribution in [0.4, 0.5) is 5.69 Å². The van der Waals surface area contributed by atoms with Crippen LogP contribution in [0.1, 0.15) is 31.2 Å². The molecule has 0 spiro atoms.